The molecule has 4 unspecified atom stereocenters. The number of piperazine rings is 3. The zero-order valence-corrected chi connectivity index (χ0v) is 77.4. The van der Waals surface area contributed by atoms with Crippen molar-refractivity contribution in [2.45, 2.75) is 295 Å². The normalized spacial score (nSPS) is 19.7. The Morgan fingerprint density at radius 3 is 1.22 bits per heavy atom. The fraction of sp³-hybridized carbons (Fsp3) is 0.875. The molecule has 0 saturated carbocycles. The molecule has 115 heavy (non-hydrogen) atoms. The number of halogens is 6. The number of carbonyl (C=O) groups is 9. The molecule has 0 radical (unpaired) electrons. The summed E-state index contributed by atoms with van der Waals surface area (Å²) >= 11 is 0. The van der Waals surface area contributed by atoms with Gasteiger partial charge in [0.2, 0.25) is 53.2 Å². The largest absolute Gasteiger partial charge is 0.405 e. The van der Waals surface area contributed by atoms with E-state index in [1.54, 1.807) is 63.3 Å². The Hall–Kier alpha value is -5.57. The third kappa shape index (κ3) is 42.8. The van der Waals surface area contributed by atoms with Crippen molar-refractivity contribution in [3.05, 3.63) is 12.2 Å². The highest BCUT2D eigenvalue weighted by Gasteiger charge is 2.48. The summed E-state index contributed by atoms with van der Waals surface area (Å²) in [5, 5.41) is 18.7. The van der Waals surface area contributed by atoms with Gasteiger partial charge in [-0.3, -0.25) is 48.1 Å². The summed E-state index contributed by atoms with van der Waals surface area (Å²) in [5.74, 6) is -1.68. The van der Waals surface area contributed by atoms with Gasteiger partial charge in [-0.2, -0.15) is 26.3 Å². The van der Waals surface area contributed by atoms with Gasteiger partial charge >= 0.3 is 12.4 Å². The molecule has 7 heterocycles. The molecule has 0 aromatic carbocycles. The van der Waals surface area contributed by atoms with Crippen LogP contribution >= 0.6 is 0 Å². The lowest BCUT2D eigenvalue weighted by atomic mass is 9.80. The van der Waals surface area contributed by atoms with Gasteiger partial charge in [0.05, 0.1) is 44.1 Å². The Bertz CT molecular complexity index is 2920. The first kappa shape index (κ1) is 111. The van der Waals surface area contributed by atoms with Crippen molar-refractivity contribution in [3.8, 4) is 0 Å². The van der Waals surface area contributed by atoms with Gasteiger partial charge in [0, 0.05) is 141 Å². The van der Waals surface area contributed by atoms with Crippen LogP contribution in [0.3, 0.4) is 0 Å². The molecule has 2 N–H and O–H groups in total. The number of likely N-dealkylation sites (N-methyl/N-ethyl adjacent to an activating group) is 2. The summed E-state index contributed by atoms with van der Waals surface area (Å²) in [6, 6.07) is -1.64. The number of rotatable bonds is 10. The Balaban J connectivity index is 0. The molecule has 7 fully saturated rings. The number of likely N-dealkylation sites (tertiary alicyclic amines) is 4. The molecule has 0 aliphatic carbocycles. The Kier molecular flexibility index (Phi) is 48.9. The summed E-state index contributed by atoms with van der Waals surface area (Å²) in [7, 11) is 3.18. The highest BCUT2D eigenvalue weighted by atomic mass is 19.4. The Labute approximate surface area is 692 Å². The Morgan fingerprint density at radius 1 is 0.452 bits per heavy atom. The van der Waals surface area contributed by atoms with Crippen LogP contribution in [0.5, 0.6) is 0 Å². The summed E-state index contributed by atoms with van der Waals surface area (Å²) in [4.78, 5) is 124. The van der Waals surface area contributed by atoms with Crippen LogP contribution in [0.1, 0.15) is 277 Å². The van der Waals surface area contributed by atoms with Gasteiger partial charge < -0.3 is 54.3 Å². The van der Waals surface area contributed by atoms with Crippen LogP contribution in [0.4, 0.5) is 26.3 Å². The van der Waals surface area contributed by atoms with E-state index in [-0.39, 0.29) is 111 Å². The summed E-state index contributed by atoms with van der Waals surface area (Å²) in [5.41, 5.74) is -0.690. The van der Waals surface area contributed by atoms with Crippen LogP contribution in [0.25, 0.3) is 0 Å². The molecular formula is C88H164F6N10O11. The van der Waals surface area contributed by atoms with Gasteiger partial charge in [0.15, 0.2) is 0 Å². The number of aliphatic hydroxyl groups excluding tert-OH is 2. The lowest BCUT2D eigenvalue weighted by molar-refractivity contribution is -0.195. The first-order valence-electron chi connectivity index (χ1n) is 42.8. The number of hydrogen-bond donors (Lipinski definition) is 2. The Morgan fingerprint density at radius 2 is 0.852 bits per heavy atom. The predicted octanol–water partition coefficient (Wildman–Crippen LogP) is 15.4. The molecule has 0 spiro atoms. The van der Waals surface area contributed by atoms with Crippen molar-refractivity contribution in [1.82, 2.24) is 49.0 Å². The van der Waals surface area contributed by atoms with Crippen molar-refractivity contribution < 1.29 is 79.7 Å². The quantitative estimate of drug-likeness (QED) is 0.154. The monoisotopic (exact) mass is 1650 g/mol. The van der Waals surface area contributed by atoms with E-state index in [1.807, 2.05) is 110 Å². The van der Waals surface area contributed by atoms with Crippen LogP contribution in [-0.4, -0.2) is 276 Å². The van der Waals surface area contributed by atoms with E-state index < -0.39 is 63.7 Å². The van der Waals surface area contributed by atoms with Crippen molar-refractivity contribution in [3.63, 3.8) is 0 Å². The molecule has 7 saturated heterocycles. The fourth-order valence-electron chi connectivity index (χ4n) is 13.2. The van der Waals surface area contributed by atoms with E-state index in [1.165, 1.54) is 60.3 Å². The second-order valence-corrected chi connectivity index (χ2v) is 39.2. The van der Waals surface area contributed by atoms with E-state index in [4.69, 9.17) is 0 Å². The molecule has 21 nitrogen and oxygen atoms in total. The van der Waals surface area contributed by atoms with Gasteiger partial charge in [-0.15, -0.1) is 0 Å². The third-order valence-electron chi connectivity index (χ3n) is 21.1. The summed E-state index contributed by atoms with van der Waals surface area (Å²) in [6.45, 7) is 66.5. The first-order valence-corrected chi connectivity index (χ1v) is 42.8. The molecule has 7 aliphatic heterocycles. The van der Waals surface area contributed by atoms with E-state index in [9.17, 15) is 79.7 Å². The maximum absolute atomic E-state index is 12.9. The third-order valence-corrected chi connectivity index (χ3v) is 21.1. The van der Waals surface area contributed by atoms with E-state index in [2.05, 4.69) is 62.0 Å². The number of piperidine rings is 4. The van der Waals surface area contributed by atoms with Gasteiger partial charge in [-0.25, -0.2) is 0 Å². The minimum Gasteiger partial charge on any atom is -0.396 e. The van der Waals surface area contributed by atoms with Gasteiger partial charge in [0.1, 0.15) is 6.04 Å². The van der Waals surface area contributed by atoms with E-state index in [0.29, 0.717) is 57.4 Å². The van der Waals surface area contributed by atoms with Crippen LogP contribution in [0.15, 0.2) is 12.2 Å². The lowest BCUT2D eigenvalue weighted by Gasteiger charge is -2.42. The summed E-state index contributed by atoms with van der Waals surface area (Å²) < 4.78 is 76.9. The first-order chi connectivity index (χ1) is 52.5. The number of alkyl halides is 6. The molecule has 0 aromatic rings. The molecule has 7 rings (SSSR count). The minimum absolute atomic E-state index is 0.0221. The molecule has 0 aromatic heterocycles. The van der Waals surface area contributed by atoms with Crippen LogP contribution in [-0.2, 0) is 43.2 Å². The topological polar surface area (TPSA) is 226 Å². The molecule has 7 aliphatic rings. The fourth-order valence-corrected chi connectivity index (χ4v) is 13.2. The van der Waals surface area contributed by atoms with Crippen molar-refractivity contribution in [2.24, 2.45) is 61.6 Å². The molecule has 9 amide bonds. The van der Waals surface area contributed by atoms with E-state index >= 15 is 0 Å². The highest BCUT2D eigenvalue weighted by Crippen LogP contribution is 2.37. The molecule has 27 heteroatoms. The van der Waals surface area contributed by atoms with Gasteiger partial charge in [0.25, 0.3) is 0 Å². The zero-order chi connectivity index (χ0) is 90.0. The number of carbonyl (C=O) groups excluding carboxylic acids is 9. The number of amides is 9. The van der Waals surface area contributed by atoms with E-state index in [0.717, 1.165) is 89.4 Å². The van der Waals surface area contributed by atoms with Crippen LogP contribution < -0.4 is 0 Å². The number of hydrogen-bond acceptors (Lipinski definition) is 12. The molecule has 674 valence electrons. The number of aliphatic hydroxyl groups is 2. The van der Waals surface area contributed by atoms with Crippen molar-refractivity contribution in [1.29, 1.82) is 0 Å². The van der Waals surface area contributed by atoms with Crippen molar-refractivity contribution in [2.75, 3.05) is 145 Å². The maximum atomic E-state index is 12.9. The highest BCUT2D eigenvalue weighted by molar-refractivity contribution is 5.94. The summed E-state index contributed by atoms with van der Waals surface area (Å²) in [6.07, 6.45) is 4.78. The average Bonchev–Trinajstić information content (AvgIpc) is 0.820. The van der Waals surface area contributed by atoms with Gasteiger partial charge in [-0.05, 0) is 117 Å². The maximum Gasteiger partial charge on any atom is 0.405 e. The molecule has 4 atom stereocenters. The average molecular weight is 1650 g/mol. The minimum atomic E-state index is -4.36. The second-order valence-electron chi connectivity index (χ2n) is 39.2. The lowest BCUT2D eigenvalue weighted by Crippen LogP contribution is -2.60. The smallest absolute Gasteiger partial charge is 0.396 e. The van der Waals surface area contributed by atoms with Gasteiger partial charge in [-0.1, -0.05) is 194 Å². The standard InChI is InChI=1S/C13H23F3N2O2.C13H22F3NO2.C13H25NO.C12H22N2O2.C12H21NO.C11H21NO.C10H18N2O2.2C2H6/c1-12(2,3)9(8-19)11(20)18-6-5-17(4)10(7-18)13(14,15)16;1-12(2,3)10(8-18)11(19)17-6-4-5-9(7-17)13(14,15)16;1-11-6-9-14(10-7-11)12(15)5-8-13(2,3)4;1-5-6-13-7-8-14(9-10(13)15)11(16)12(2,3)4;1-10(12(2,3)4)11(14)13-8-6-5-7-9-13;1-11(2,3)9-10(13)12-7-5-4-6-8-12;1-10(2,3)9(14)12-6-5-11(4)8(13)7-12;2*1-2/h9-10,19H,5-8H2,1-4H3;9-10,18H,4-8H2,1-3H3;11H,5-10H2,1-4H3;5-9H2,1-4H3;1,5-9H2,2-4H3;4-9H2,1-3H3;5-7H2,1-4H3;2*1-2H3. The number of nitrogens with zero attached hydrogens (tertiary/aromatic N) is 10. The van der Waals surface area contributed by atoms with Crippen LogP contribution in [0.2, 0.25) is 0 Å². The molecular weight excluding hydrogens is 1490 g/mol. The molecule has 0 bridgehead atoms. The predicted molar refractivity (Wildman–Crippen MR) is 451 cm³/mol. The zero-order valence-electron chi connectivity index (χ0n) is 77.4. The van der Waals surface area contributed by atoms with Crippen molar-refractivity contribution >= 4 is 53.2 Å². The van der Waals surface area contributed by atoms with Crippen LogP contribution in [0, 0.1) is 61.6 Å². The SMILES string of the molecule is C=C(C(=O)N1CCCCC1)C(C)(C)C.CC.CC.CC(C)(C)C(CO)C(=O)N1CCCC(C(F)(F)F)C1.CC(C)(C)CC(=O)N1CCCCC1.CC1CCN(C(=O)CCC(C)(C)C)CC1.CCCN1CCN(C(=O)C(C)(C)C)CC1=O.CN1CCN(C(=O)C(C)(C)C)CC1=O.CN1CCN(C(=O)C(CO)C(C)(C)C)CC1C(F)(F)F. The second kappa shape index (κ2) is 50.5.